The van der Waals surface area contributed by atoms with E-state index in [0.29, 0.717) is 0 Å². The summed E-state index contributed by atoms with van der Waals surface area (Å²) in [5.41, 5.74) is 10.3. The highest BCUT2D eigenvalue weighted by Gasteiger charge is 2.25. The number of carbonyl (C=O) groups is 6. The van der Waals surface area contributed by atoms with Crippen molar-refractivity contribution in [3.8, 4) is 0 Å². The summed E-state index contributed by atoms with van der Waals surface area (Å²) in [4.78, 5) is 67.3. The lowest BCUT2D eigenvalue weighted by molar-refractivity contribution is -0.143. The smallest absolute Gasteiger partial charge is 0.326 e. The summed E-state index contributed by atoms with van der Waals surface area (Å²) in [5.74, 6) is -5.90. The minimum atomic E-state index is -1.54. The maximum Gasteiger partial charge on any atom is 0.326 e. The van der Waals surface area contributed by atoms with Gasteiger partial charge in [0.05, 0.1) is 19.0 Å². The quantitative estimate of drug-likeness (QED) is 0.173. The van der Waals surface area contributed by atoms with E-state index in [1.165, 1.54) is 6.92 Å². The fourth-order valence-corrected chi connectivity index (χ4v) is 1.76. The van der Waals surface area contributed by atoms with Crippen molar-refractivity contribution in [1.29, 1.82) is 0 Å². The molecule has 4 amide bonds. The molecule has 0 saturated heterocycles. The van der Waals surface area contributed by atoms with Crippen LogP contribution in [-0.4, -0.2) is 70.5 Å². The molecule has 0 aromatic heterocycles. The van der Waals surface area contributed by atoms with Crippen molar-refractivity contribution in [2.45, 2.75) is 44.3 Å². The molecular formula is C14H23N5O8. The van der Waals surface area contributed by atoms with Crippen molar-refractivity contribution in [2.24, 2.45) is 11.5 Å². The van der Waals surface area contributed by atoms with E-state index in [2.05, 4.69) is 10.6 Å². The summed E-state index contributed by atoms with van der Waals surface area (Å²) in [5, 5.41) is 23.8. The Kier molecular flexibility index (Phi) is 10.0. The summed E-state index contributed by atoms with van der Waals surface area (Å²) < 4.78 is 0. The molecule has 0 aliphatic heterocycles. The summed E-state index contributed by atoms with van der Waals surface area (Å²) in [6, 6.07) is -3.81. The molecule has 13 nitrogen and oxygen atoms in total. The van der Waals surface area contributed by atoms with Gasteiger partial charge in [-0.3, -0.25) is 24.0 Å². The lowest BCUT2D eigenvalue weighted by Crippen LogP contribution is -2.53. The summed E-state index contributed by atoms with van der Waals surface area (Å²) >= 11 is 0. The Morgan fingerprint density at radius 3 is 2.07 bits per heavy atom. The monoisotopic (exact) mass is 389 g/mol. The highest BCUT2D eigenvalue weighted by molar-refractivity contribution is 5.93. The number of carbonyl (C=O) groups excluding carboxylic acids is 4. The van der Waals surface area contributed by atoms with Gasteiger partial charge in [0.1, 0.15) is 12.1 Å². The van der Waals surface area contributed by atoms with Crippen LogP contribution < -0.4 is 27.4 Å². The van der Waals surface area contributed by atoms with Gasteiger partial charge in [0.2, 0.25) is 23.6 Å². The van der Waals surface area contributed by atoms with Gasteiger partial charge in [-0.05, 0) is 13.3 Å². The average molecular weight is 389 g/mol. The number of aliphatic carboxylic acids is 2. The van der Waals surface area contributed by atoms with Gasteiger partial charge in [-0.15, -0.1) is 0 Å². The Labute approximate surface area is 153 Å². The van der Waals surface area contributed by atoms with Gasteiger partial charge in [0.25, 0.3) is 0 Å². The number of amides is 4. The number of carboxylic acid groups (broad SMARTS) is 2. The number of primary amides is 1. The SMILES string of the molecule is CC(NC(=O)CNC(=O)C(N)CCC(=O)O)C(=O)NC(CC(N)=O)C(=O)O. The summed E-state index contributed by atoms with van der Waals surface area (Å²) in [6.45, 7) is 0.734. The van der Waals surface area contributed by atoms with E-state index in [9.17, 15) is 28.8 Å². The topological polar surface area (TPSA) is 231 Å². The maximum atomic E-state index is 11.9. The Hall–Kier alpha value is -3.22. The van der Waals surface area contributed by atoms with Crippen molar-refractivity contribution in [3.63, 3.8) is 0 Å². The van der Waals surface area contributed by atoms with Gasteiger partial charge in [0.15, 0.2) is 0 Å². The van der Waals surface area contributed by atoms with Gasteiger partial charge < -0.3 is 37.6 Å². The zero-order valence-corrected chi connectivity index (χ0v) is 14.6. The van der Waals surface area contributed by atoms with Crippen molar-refractivity contribution in [3.05, 3.63) is 0 Å². The molecule has 0 rings (SSSR count). The molecule has 3 unspecified atom stereocenters. The molecule has 152 valence electrons. The predicted octanol–water partition coefficient (Wildman–Crippen LogP) is -3.76. The third-order valence-electron chi connectivity index (χ3n) is 3.22. The fraction of sp³-hybridized carbons (Fsp3) is 0.571. The number of rotatable bonds is 12. The molecule has 13 heteroatoms. The third-order valence-corrected chi connectivity index (χ3v) is 3.22. The van der Waals surface area contributed by atoms with Gasteiger partial charge >= 0.3 is 11.9 Å². The Morgan fingerprint density at radius 2 is 1.59 bits per heavy atom. The van der Waals surface area contributed by atoms with Crippen molar-refractivity contribution in [2.75, 3.05) is 6.54 Å². The number of nitrogens with two attached hydrogens (primary N) is 2. The molecule has 0 aromatic carbocycles. The largest absolute Gasteiger partial charge is 0.481 e. The number of hydrogen-bond donors (Lipinski definition) is 7. The average Bonchev–Trinajstić information content (AvgIpc) is 2.55. The Balaban J connectivity index is 4.41. The van der Waals surface area contributed by atoms with Crippen LogP contribution in [-0.2, 0) is 28.8 Å². The summed E-state index contributed by atoms with van der Waals surface area (Å²) in [7, 11) is 0. The fourth-order valence-electron chi connectivity index (χ4n) is 1.76. The first-order valence-electron chi connectivity index (χ1n) is 7.80. The van der Waals surface area contributed by atoms with Crippen LogP contribution in [0.5, 0.6) is 0 Å². The van der Waals surface area contributed by atoms with Crippen molar-refractivity contribution < 1.29 is 39.0 Å². The molecular weight excluding hydrogens is 366 g/mol. The third kappa shape index (κ3) is 10.4. The Morgan fingerprint density at radius 1 is 1.00 bits per heavy atom. The lowest BCUT2D eigenvalue weighted by atomic mass is 10.1. The standard InChI is InChI=1S/C14H23N5O8/c1-6(12(24)19-8(14(26)27)4-9(16)20)18-10(21)5-17-13(25)7(15)2-3-11(22)23/h6-8H,2-5,15H2,1H3,(H2,16,20)(H,17,25)(H,18,21)(H,19,24)(H,22,23)(H,26,27). The lowest BCUT2D eigenvalue weighted by Gasteiger charge is -2.18. The zero-order valence-electron chi connectivity index (χ0n) is 14.6. The van der Waals surface area contributed by atoms with E-state index < -0.39 is 66.7 Å². The van der Waals surface area contributed by atoms with Crippen LogP contribution in [0.4, 0.5) is 0 Å². The van der Waals surface area contributed by atoms with Crippen LogP contribution in [0, 0.1) is 0 Å². The van der Waals surface area contributed by atoms with Gasteiger partial charge in [0, 0.05) is 6.42 Å². The highest BCUT2D eigenvalue weighted by atomic mass is 16.4. The van der Waals surface area contributed by atoms with Crippen LogP contribution in [0.3, 0.4) is 0 Å². The first-order valence-corrected chi connectivity index (χ1v) is 7.80. The van der Waals surface area contributed by atoms with Gasteiger partial charge in [-0.2, -0.15) is 0 Å². The molecule has 0 aliphatic carbocycles. The molecule has 0 spiro atoms. The van der Waals surface area contributed by atoms with Crippen LogP contribution in [0.25, 0.3) is 0 Å². The summed E-state index contributed by atoms with van der Waals surface area (Å²) in [6.07, 6.45) is -1.04. The predicted molar refractivity (Wildman–Crippen MR) is 88.8 cm³/mol. The van der Waals surface area contributed by atoms with Gasteiger partial charge in [-0.25, -0.2) is 4.79 Å². The molecule has 0 aliphatic rings. The van der Waals surface area contributed by atoms with Crippen LogP contribution >= 0.6 is 0 Å². The minimum Gasteiger partial charge on any atom is -0.481 e. The first-order chi connectivity index (χ1) is 12.4. The second kappa shape index (κ2) is 11.4. The molecule has 0 radical (unpaired) electrons. The van der Waals surface area contributed by atoms with Crippen LogP contribution in [0.15, 0.2) is 0 Å². The first kappa shape index (κ1) is 23.8. The van der Waals surface area contributed by atoms with E-state index in [0.717, 1.165) is 0 Å². The molecule has 3 atom stereocenters. The minimum absolute atomic E-state index is 0.113. The van der Waals surface area contributed by atoms with Crippen molar-refractivity contribution in [1.82, 2.24) is 16.0 Å². The van der Waals surface area contributed by atoms with E-state index in [1.807, 2.05) is 5.32 Å². The highest BCUT2D eigenvalue weighted by Crippen LogP contribution is 1.95. The normalized spacial score (nSPS) is 13.6. The second-order valence-corrected chi connectivity index (χ2v) is 5.62. The second-order valence-electron chi connectivity index (χ2n) is 5.62. The van der Waals surface area contributed by atoms with E-state index in [4.69, 9.17) is 21.7 Å². The number of nitrogens with one attached hydrogen (secondary N) is 3. The van der Waals surface area contributed by atoms with Gasteiger partial charge in [-0.1, -0.05) is 0 Å². The molecule has 9 N–H and O–H groups in total. The van der Waals surface area contributed by atoms with E-state index in [-0.39, 0.29) is 12.8 Å². The molecule has 0 fully saturated rings. The molecule has 0 heterocycles. The zero-order chi connectivity index (χ0) is 21.1. The van der Waals surface area contributed by atoms with E-state index >= 15 is 0 Å². The number of hydrogen-bond acceptors (Lipinski definition) is 7. The molecule has 0 bridgehead atoms. The van der Waals surface area contributed by atoms with Crippen LogP contribution in [0.1, 0.15) is 26.2 Å². The van der Waals surface area contributed by atoms with E-state index in [1.54, 1.807) is 0 Å². The molecule has 0 aromatic rings. The molecule has 0 saturated carbocycles. The van der Waals surface area contributed by atoms with Crippen LogP contribution in [0.2, 0.25) is 0 Å². The molecule has 27 heavy (non-hydrogen) atoms. The number of carboxylic acids is 2. The maximum absolute atomic E-state index is 11.9. The Bertz CT molecular complexity index is 608. The van der Waals surface area contributed by atoms with Crippen molar-refractivity contribution >= 4 is 35.6 Å².